The molecule has 6 heteroatoms. The van der Waals surface area contributed by atoms with E-state index >= 15 is 0 Å². The van der Waals surface area contributed by atoms with E-state index in [2.05, 4.69) is 47.0 Å². The summed E-state index contributed by atoms with van der Waals surface area (Å²) in [6.07, 6.45) is 1.45. The zero-order valence-electron chi connectivity index (χ0n) is 6.96. The lowest BCUT2D eigenvalue weighted by atomic mass is 10.2. The number of hydrogen-bond acceptors (Lipinski definition) is 3. The second kappa shape index (κ2) is 3.70. The predicted octanol–water partition coefficient (Wildman–Crippen LogP) is 2.58. The van der Waals surface area contributed by atoms with Gasteiger partial charge in [0.1, 0.15) is 6.33 Å². The van der Waals surface area contributed by atoms with E-state index in [1.54, 1.807) is 0 Å². The van der Waals surface area contributed by atoms with Crippen molar-refractivity contribution in [2.75, 3.05) is 5.73 Å². The predicted molar refractivity (Wildman–Crippen MR) is 61.6 cm³/mol. The first-order valence-electron chi connectivity index (χ1n) is 3.78. The van der Waals surface area contributed by atoms with Crippen LogP contribution in [-0.2, 0) is 0 Å². The number of halogens is 2. The normalized spacial score (nSPS) is 10.4. The van der Waals surface area contributed by atoms with Crippen LogP contribution in [0.5, 0.6) is 0 Å². The van der Waals surface area contributed by atoms with E-state index in [-0.39, 0.29) is 0 Å². The highest BCUT2D eigenvalue weighted by molar-refractivity contribution is 9.11. The van der Waals surface area contributed by atoms with Gasteiger partial charge in [-0.3, -0.25) is 5.10 Å². The largest absolute Gasteiger partial charge is 0.397 e. The lowest BCUT2D eigenvalue weighted by Crippen LogP contribution is -1.93. The van der Waals surface area contributed by atoms with Crippen LogP contribution in [0, 0.1) is 0 Å². The quantitative estimate of drug-likeness (QED) is 0.794. The number of rotatable bonds is 1. The van der Waals surface area contributed by atoms with Crippen molar-refractivity contribution in [3.8, 4) is 11.4 Å². The number of benzene rings is 1. The monoisotopic (exact) mass is 316 g/mol. The van der Waals surface area contributed by atoms with Crippen molar-refractivity contribution >= 4 is 37.5 Å². The van der Waals surface area contributed by atoms with Crippen LogP contribution in [0.3, 0.4) is 0 Å². The Morgan fingerprint density at radius 3 is 2.71 bits per heavy atom. The van der Waals surface area contributed by atoms with Gasteiger partial charge in [-0.15, -0.1) is 0 Å². The maximum atomic E-state index is 5.89. The molecule has 0 atom stereocenters. The third kappa shape index (κ3) is 1.67. The molecule has 1 aromatic carbocycles. The van der Waals surface area contributed by atoms with Gasteiger partial charge in [-0.05, 0) is 28.1 Å². The van der Waals surface area contributed by atoms with Crippen LogP contribution in [-0.4, -0.2) is 15.2 Å². The van der Waals surface area contributed by atoms with Gasteiger partial charge in [0.05, 0.1) is 5.69 Å². The number of nitrogens with one attached hydrogen (secondary N) is 1. The summed E-state index contributed by atoms with van der Waals surface area (Å²) in [7, 11) is 0. The molecule has 72 valence electrons. The minimum atomic E-state index is 0.643. The van der Waals surface area contributed by atoms with Gasteiger partial charge in [0.15, 0.2) is 5.82 Å². The second-order valence-electron chi connectivity index (χ2n) is 2.68. The first-order valence-corrected chi connectivity index (χ1v) is 5.37. The van der Waals surface area contributed by atoms with E-state index in [1.807, 2.05) is 12.1 Å². The Balaban J connectivity index is 2.64. The highest BCUT2D eigenvalue weighted by atomic mass is 79.9. The third-order valence-electron chi connectivity index (χ3n) is 1.76. The molecule has 0 saturated heterocycles. The molecule has 2 rings (SSSR count). The maximum Gasteiger partial charge on any atom is 0.157 e. The summed E-state index contributed by atoms with van der Waals surface area (Å²) in [5.41, 5.74) is 7.35. The summed E-state index contributed by atoms with van der Waals surface area (Å²) in [5, 5.41) is 6.54. The summed E-state index contributed by atoms with van der Waals surface area (Å²) in [4.78, 5) is 4.04. The molecular weight excluding hydrogens is 312 g/mol. The minimum Gasteiger partial charge on any atom is -0.397 e. The summed E-state index contributed by atoms with van der Waals surface area (Å²) in [6, 6.07) is 3.77. The summed E-state index contributed by atoms with van der Waals surface area (Å²) in [6.45, 7) is 0. The zero-order valence-corrected chi connectivity index (χ0v) is 10.1. The Kier molecular flexibility index (Phi) is 2.56. The van der Waals surface area contributed by atoms with E-state index < -0.39 is 0 Å². The van der Waals surface area contributed by atoms with Crippen molar-refractivity contribution in [2.24, 2.45) is 0 Å². The molecule has 0 bridgehead atoms. The fourth-order valence-corrected chi connectivity index (χ4v) is 2.34. The smallest absolute Gasteiger partial charge is 0.157 e. The van der Waals surface area contributed by atoms with Crippen molar-refractivity contribution in [1.29, 1.82) is 0 Å². The number of aromatic nitrogens is 3. The number of anilines is 1. The molecule has 0 aliphatic rings. The number of hydrogen-bond donors (Lipinski definition) is 2. The Hall–Kier alpha value is -0.880. The fraction of sp³-hybridized carbons (Fsp3) is 0. The average molecular weight is 318 g/mol. The molecule has 3 N–H and O–H groups in total. The van der Waals surface area contributed by atoms with Crippen LogP contribution in [0.4, 0.5) is 5.69 Å². The van der Waals surface area contributed by atoms with Crippen LogP contribution in [0.2, 0.25) is 0 Å². The van der Waals surface area contributed by atoms with E-state index in [9.17, 15) is 0 Å². The molecule has 0 aliphatic carbocycles. The highest BCUT2D eigenvalue weighted by Crippen LogP contribution is 2.33. The second-order valence-corrected chi connectivity index (χ2v) is 4.45. The summed E-state index contributed by atoms with van der Waals surface area (Å²) < 4.78 is 1.77. The minimum absolute atomic E-state index is 0.643. The molecule has 0 saturated carbocycles. The summed E-state index contributed by atoms with van der Waals surface area (Å²) in [5.74, 6) is 0.657. The molecule has 0 radical (unpaired) electrons. The van der Waals surface area contributed by atoms with Crippen LogP contribution < -0.4 is 5.73 Å². The lowest BCUT2D eigenvalue weighted by Gasteiger charge is -2.05. The van der Waals surface area contributed by atoms with Gasteiger partial charge in [0.2, 0.25) is 0 Å². The SMILES string of the molecule is Nc1c(Br)cc(Br)cc1-c1ncn[nH]1. The first kappa shape index (κ1) is 9.67. The van der Waals surface area contributed by atoms with Crippen LogP contribution in [0.1, 0.15) is 0 Å². The molecule has 4 nitrogen and oxygen atoms in total. The first-order chi connectivity index (χ1) is 6.68. The number of H-pyrrole nitrogens is 1. The van der Waals surface area contributed by atoms with Crippen molar-refractivity contribution in [1.82, 2.24) is 15.2 Å². The van der Waals surface area contributed by atoms with Crippen molar-refractivity contribution < 1.29 is 0 Å². The van der Waals surface area contributed by atoms with Crippen LogP contribution in [0.15, 0.2) is 27.4 Å². The molecule has 14 heavy (non-hydrogen) atoms. The van der Waals surface area contributed by atoms with Gasteiger partial charge in [0, 0.05) is 14.5 Å². The summed E-state index contributed by atoms with van der Waals surface area (Å²) >= 11 is 6.75. The van der Waals surface area contributed by atoms with Gasteiger partial charge in [-0.2, -0.15) is 5.10 Å². The Morgan fingerprint density at radius 2 is 2.07 bits per heavy atom. The van der Waals surface area contributed by atoms with Gasteiger partial charge < -0.3 is 5.73 Å². The topological polar surface area (TPSA) is 67.6 Å². The number of nitrogens with zero attached hydrogens (tertiary/aromatic N) is 2. The Morgan fingerprint density at radius 1 is 1.29 bits per heavy atom. The van der Waals surface area contributed by atoms with Crippen molar-refractivity contribution in [3.63, 3.8) is 0 Å². The van der Waals surface area contributed by atoms with Gasteiger partial charge in [-0.1, -0.05) is 15.9 Å². The molecule has 1 heterocycles. The molecular formula is C8H6Br2N4. The molecule has 0 fully saturated rings. The lowest BCUT2D eigenvalue weighted by molar-refractivity contribution is 1.10. The Bertz CT molecular complexity index is 453. The molecule has 0 spiro atoms. The molecule has 1 aromatic heterocycles. The van der Waals surface area contributed by atoms with Gasteiger partial charge in [-0.25, -0.2) is 4.98 Å². The van der Waals surface area contributed by atoms with Crippen molar-refractivity contribution in [2.45, 2.75) is 0 Å². The third-order valence-corrected chi connectivity index (χ3v) is 2.88. The molecule has 0 amide bonds. The van der Waals surface area contributed by atoms with E-state index in [0.717, 1.165) is 14.5 Å². The number of nitrogen functional groups attached to an aromatic ring is 1. The Labute approximate surface area is 97.2 Å². The van der Waals surface area contributed by atoms with E-state index in [1.165, 1.54) is 6.33 Å². The van der Waals surface area contributed by atoms with Crippen LogP contribution in [0.25, 0.3) is 11.4 Å². The van der Waals surface area contributed by atoms with Crippen molar-refractivity contribution in [3.05, 3.63) is 27.4 Å². The number of nitrogens with two attached hydrogens (primary N) is 1. The van der Waals surface area contributed by atoms with E-state index in [4.69, 9.17) is 5.73 Å². The zero-order chi connectivity index (χ0) is 10.1. The number of aromatic amines is 1. The fourth-order valence-electron chi connectivity index (χ4n) is 1.12. The highest BCUT2D eigenvalue weighted by Gasteiger charge is 2.09. The molecule has 0 unspecified atom stereocenters. The van der Waals surface area contributed by atoms with E-state index in [0.29, 0.717) is 11.5 Å². The molecule has 0 aliphatic heterocycles. The standard InChI is InChI=1S/C8H6Br2N4/c9-4-1-5(7(11)6(10)2-4)8-12-3-13-14-8/h1-3H,11H2,(H,12,13,14). The average Bonchev–Trinajstić information content (AvgIpc) is 2.63. The van der Waals surface area contributed by atoms with Gasteiger partial charge in [0.25, 0.3) is 0 Å². The maximum absolute atomic E-state index is 5.89. The molecule has 2 aromatic rings. The van der Waals surface area contributed by atoms with Crippen LogP contribution >= 0.6 is 31.9 Å². The van der Waals surface area contributed by atoms with Gasteiger partial charge >= 0.3 is 0 Å².